The molecule has 2 atom stereocenters. The van der Waals surface area contributed by atoms with E-state index in [-0.39, 0.29) is 29.1 Å². The second-order valence-corrected chi connectivity index (χ2v) is 8.73. The molecule has 0 aliphatic heterocycles. The second-order valence-electron chi connectivity index (χ2n) is 8.73. The van der Waals surface area contributed by atoms with E-state index in [1.165, 1.54) is 0 Å². The molecule has 2 aliphatic carbocycles. The molecule has 0 aromatic heterocycles. The number of nitrogens with two attached hydrogens (primary N) is 1. The fraction of sp³-hybridized carbons (Fsp3) is 0.207. The summed E-state index contributed by atoms with van der Waals surface area (Å²) in [5.41, 5.74) is 7.93. The number of hydrogen-bond donors (Lipinski definition) is 1. The SMILES string of the molecule is CC(C)(C)C(=O)O[C@H]([C]1[CH][CH][CH][C]1[C@@H](N)c1ccccc1)c1ccccc1.[CH]1[CH][CH][CH][CH]1.[Fe+2]. The maximum absolute atomic E-state index is 12.6. The Hall–Kier alpha value is -1.61. The largest absolute Gasteiger partial charge is 2.00 e. The Morgan fingerprint density at radius 2 is 1.18 bits per heavy atom. The second kappa shape index (κ2) is 13.3. The van der Waals surface area contributed by atoms with Crippen LogP contribution in [0.15, 0.2) is 60.7 Å². The minimum atomic E-state index is -0.582. The molecule has 0 unspecified atom stereocenters. The average Bonchev–Trinajstić information content (AvgIpc) is 3.53. The monoisotopic (exact) mass is 481 g/mol. The van der Waals surface area contributed by atoms with Gasteiger partial charge in [-0.1, -0.05) is 60.7 Å². The summed E-state index contributed by atoms with van der Waals surface area (Å²) in [6, 6.07) is 19.5. The van der Waals surface area contributed by atoms with Crippen molar-refractivity contribution in [2.45, 2.75) is 32.9 Å². The quantitative estimate of drug-likeness (QED) is 0.433. The van der Waals surface area contributed by atoms with Gasteiger partial charge in [0.1, 0.15) is 6.10 Å². The zero-order valence-electron chi connectivity index (χ0n) is 19.3. The van der Waals surface area contributed by atoms with Gasteiger partial charge in [0.25, 0.3) is 0 Å². The Morgan fingerprint density at radius 3 is 1.67 bits per heavy atom. The molecule has 2 aliphatic rings. The zero-order chi connectivity index (χ0) is 23.0. The third kappa shape index (κ3) is 7.98. The Balaban J connectivity index is 0.000000568. The van der Waals surface area contributed by atoms with Crippen LogP contribution >= 0.6 is 0 Å². The topological polar surface area (TPSA) is 52.3 Å². The van der Waals surface area contributed by atoms with Gasteiger partial charge in [-0.25, -0.2) is 0 Å². The van der Waals surface area contributed by atoms with Crippen LogP contribution in [0.2, 0.25) is 0 Å². The third-order valence-corrected chi connectivity index (χ3v) is 5.16. The van der Waals surface area contributed by atoms with E-state index in [9.17, 15) is 4.79 Å². The molecule has 0 amide bonds. The standard InChI is InChI=1S/C24H26NO2.C5H5.Fe/c1-24(2,3)23(26)27-22(18-13-8-5-9-14-18)20-16-10-15-19(20)21(25)17-11-6-4-7-12-17;1-2-4-5-3-1;/h4-16,21-22H,25H2,1-3H3;1-5H;/q;;+2/t21-,22-;;/m0../s1. The maximum Gasteiger partial charge on any atom is 2.00 e. The molecular formula is C29H31FeNO2+2. The number of hydrogen-bond acceptors (Lipinski definition) is 3. The van der Waals surface area contributed by atoms with Crippen LogP contribution in [-0.4, -0.2) is 5.97 Å². The Labute approximate surface area is 211 Å². The summed E-state index contributed by atoms with van der Waals surface area (Å²) in [7, 11) is 0. The van der Waals surface area contributed by atoms with Gasteiger partial charge in [-0.15, -0.1) is 0 Å². The van der Waals surface area contributed by atoms with Crippen molar-refractivity contribution >= 4 is 5.97 Å². The van der Waals surface area contributed by atoms with Crippen LogP contribution in [0.5, 0.6) is 0 Å². The summed E-state index contributed by atoms with van der Waals surface area (Å²) in [5, 5.41) is 0. The Morgan fingerprint density at radius 1 is 0.727 bits per heavy atom. The van der Waals surface area contributed by atoms with Crippen LogP contribution in [0, 0.1) is 68.6 Å². The number of rotatable bonds is 5. The molecular weight excluding hydrogens is 450 g/mol. The zero-order valence-corrected chi connectivity index (χ0v) is 20.4. The van der Waals surface area contributed by atoms with Crippen LogP contribution < -0.4 is 5.73 Å². The van der Waals surface area contributed by atoms with Gasteiger partial charge in [-0.3, -0.25) is 4.79 Å². The molecule has 170 valence electrons. The van der Waals surface area contributed by atoms with Gasteiger partial charge < -0.3 is 10.5 Å². The molecule has 2 aromatic rings. The molecule has 2 fully saturated rings. The minimum absolute atomic E-state index is 0. The van der Waals surface area contributed by atoms with Gasteiger partial charge in [-0.2, -0.15) is 0 Å². The van der Waals surface area contributed by atoms with E-state index in [1.54, 1.807) is 0 Å². The van der Waals surface area contributed by atoms with Gasteiger partial charge in [0, 0.05) is 17.9 Å². The van der Waals surface area contributed by atoms with Crippen molar-refractivity contribution in [2.24, 2.45) is 11.1 Å². The van der Waals surface area contributed by atoms with Crippen molar-refractivity contribution in [2.75, 3.05) is 0 Å². The summed E-state index contributed by atoms with van der Waals surface area (Å²) in [6.07, 6.45) is 15.5. The van der Waals surface area contributed by atoms with Crippen LogP contribution in [0.25, 0.3) is 0 Å². The van der Waals surface area contributed by atoms with E-state index >= 15 is 0 Å². The molecule has 3 nitrogen and oxygen atoms in total. The molecule has 2 N–H and O–H groups in total. The van der Waals surface area contributed by atoms with E-state index in [4.69, 9.17) is 10.5 Å². The molecule has 2 saturated carbocycles. The smallest absolute Gasteiger partial charge is 0.456 e. The number of esters is 1. The number of benzene rings is 2. The first kappa shape index (κ1) is 27.6. The number of carbonyl (C=O) groups excluding carboxylic acids is 1. The molecule has 10 radical (unpaired) electrons. The summed E-state index contributed by atoms with van der Waals surface area (Å²) < 4.78 is 5.98. The molecule has 0 spiro atoms. The third-order valence-electron chi connectivity index (χ3n) is 5.16. The molecule has 0 bridgehead atoms. The molecule has 33 heavy (non-hydrogen) atoms. The van der Waals surface area contributed by atoms with Crippen molar-refractivity contribution in [3.63, 3.8) is 0 Å². The fourth-order valence-electron chi connectivity index (χ4n) is 3.35. The van der Waals surface area contributed by atoms with Crippen LogP contribution in [0.1, 0.15) is 44.0 Å². The van der Waals surface area contributed by atoms with Crippen molar-refractivity contribution in [1.29, 1.82) is 0 Å². The van der Waals surface area contributed by atoms with Crippen molar-refractivity contribution in [3.8, 4) is 0 Å². The average molecular weight is 481 g/mol. The number of carbonyl (C=O) groups is 1. The van der Waals surface area contributed by atoms with Gasteiger partial charge in [-0.05, 0) is 83.3 Å². The summed E-state index contributed by atoms with van der Waals surface area (Å²) >= 11 is 0. The van der Waals surface area contributed by atoms with E-state index < -0.39 is 11.5 Å². The molecule has 2 aromatic carbocycles. The minimum Gasteiger partial charge on any atom is -0.456 e. The predicted molar refractivity (Wildman–Crippen MR) is 129 cm³/mol. The molecule has 4 heteroatoms. The van der Waals surface area contributed by atoms with Crippen molar-refractivity contribution in [3.05, 3.63) is 135 Å². The van der Waals surface area contributed by atoms with Crippen LogP contribution in [0.3, 0.4) is 0 Å². The molecule has 4 rings (SSSR count). The van der Waals surface area contributed by atoms with Crippen LogP contribution in [-0.2, 0) is 26.6 Å². The summed E-state index contributed by atoms with van der Waals surface area (Å²) in [5.74, 6) is 1.66. The maximum atomic E-state index is 12.6. The van der Waals surface area contributed by atoms with E-state index in [0.29, 0.717) is 0 Å². The van der Waals surface area contributed by atoms with Gasteiger partial charge in [0.15, 0.2) is 0 Å². The fourth-order valence-corrected chi connectivity index (χ4v) is 3.35. The first-order chi connectivity index (χ1) is 15.4. The van der Waals surface area contributed by atoms with E-state index in [1.807, 2.05) is 133 Å². The van der Waals surface area contributed by atoms with Crippen LogP contribution in [0.4, 0.5) is 0 Å². The van der Waals surface area contributed by atoms with Gasteiger partial charge in [0.05, 0.1) is 5.41 Å². The normalized spacial score (nSPS) is 18.5. The van der Waals surface area contributed by atoms with Gasteiger partial charge in [0.2, 0.25) is 0 Å². The number of ether oxygens (including phenoxy) is 1. The van der Waals surface area contributed by atoms with E-state index in [2.05, 4.69) is 0 Å². The van der Waals surface area contributed by atoms with E-state index in [0.717, 1.165) is 23.0 Å². The first-order valence-electron chi connectivity index (χ1n) is 10.9. The first-order valence-corrected chi connectivity index (χ1v) is 10.9. The summed E-state index contributed by atoms with van der Waals surface area (Å²) in [4.78, 5) is 12.6. The van der Waals surface area contributed by atoms with Crippen molar-refractivity contribution < 1.29 is 26.6 Å². The van der Waals surface area contributed by atoms with Gasteiger partial charge >= 0.3 is 23.0 Å². The Bertz CT molecular complexity index is 807. The summed E-state index contributed by atoms with van der Waals surface area (Å²) in [6.45, 7) is 5.58. The van der Waals surface area contributed by atoms with Crippen molar-refractivity contribution in [1.82, 2.24) is 0 Å². The molecule has 0 saturated heterocycles. The Kier molecular flexibility index (Phi) is 11.2. The predicted octanol–water partition coefficient (Wildman–Crippen LogP) is 5.81. The molecule has 0 heterocycles.